The van der Waals surface area contributed by atoms with Gasteiger partial charge in [-0.3, -0.25) is 9.48 Å². The van der Waals surface area contributed by atoms with Crippen molar-refractivity contribution in [2.75, 3.05) is 6.61 Å². The van der Waals surface area contributed by atoms with Gasteiger partial charge in [-0.25, -0.2) is 0 Å². The van der Waals surface area contributed by atoms with Crippen molar-refractivity contribution >= 4 is 28.5 Å². The van der Waals surface area contributed by atoms with E-state index in [4.69, 9.17) is 16.3 Å². The predicted molar refractivity (Wildman–Crippen MR) is 97.0 cm³/mol. The second-order valence-electron chi connectivity index (χ2n) is 6.07. The van der Waals surface area contributed by atoms with Crippen molar-refractivity contribution in [3.8, 4) is 5.88 Å². The van der Waals surface area contributed by atoms with Crippen LogP contribution in [0, 0.1) is 6.92 Å². The molecule has 2 aromatic heterocycles. The number of halogens is 4. The van der Waals surface area contributed by atoms with Gasteiger partial charge in [0.2, 0.25) is 5.88 Å². The van der Waals surface area contributed by atoms with Crippen LogP contribution in [-0.2, 0) is 24.6 Å². The number of rotatable bonds is 5. The van der Waals surface area contributed by atoms with Gasteiger partial charge in [0, 0.05) is 24.7 Å². The number of ether oxygens (including phenoxy) is 1. The van der Waals surface area contributed by atoms with E-state index in [1.54, 1.807) is 24.3 Å². The number of pyridine rings is 1. The number of carbonyl (C=O) groups is 1. The molecular weight excluding hydrogens is 397 g/mol. The highest BCUT2D eigenvalue weighted by molar-refractivity contribution is 6.31. The molecule has 3 rings (SSSR count). The number of nitrogens with one attached hydrogen (secondary N) is 1. The van der Waals surface area contributed by atoms with Crippen LogP contribution in [0.4, 0.5) is 13.2 Å². The van der Waals surface area contributed by atoms with Gasteiger partial charge >= 0.3 is 6.18 Å². The second kappa shape index (κ2) is 7.67. The summed E-state index contributed by atoms with van der Waals surface area (Å²) in [6.07, 6.45) is -4.61. The van der Waals surface area contributed by atoms with Crippen molar-refractivity contribution in [2.45, 2.75) is 19.6 Å². The molecule has 0 bridgehead atoms. The molecular formula is C18H16ClF3N4O2. The molecule has 0 unspecified atom stereocenters. The van der Waals surface area contributed by atoms with Crippen LogP contribution in [0.3, 0.4) is 0 Å². The Kier molecular flexibility index (Phi) is 5.46. The summed E-state index contributed by atoms with van der Waals surface area (Å²) in [5, 5.41) is 6.98. The van der Waals surface area contributed by atoms with Gasteiger partial charge in [0.25, 0.3) is 5.91 Å². The Morgan fingerprint density at radius 2 is 2.04 bits per heavy atom. The number of benzene rings is 1. The second-order valence-corrected chi connectivity index (χ2v) is 6.48. The summed E-state index contributed by atoms with van der Waals surface area (Å²) in [6.45, 7) is 1.15. The third-order valence-electron chi connectivity index (χ3n) is 4.04. The molecule has 0 saturated carbocycles. The summed E-state index contributed by atoms with van der Waals surface area (Å²) in [7, 11) is 1.49. The third kappa shape index (κ3) is 4.19. The van der Waals surface area contributed by atoms with Crippen molar-refractivity contribution in [1.82, 2.24) is 20.1 Å². The number of hydrogen-bond acceptors (Lipinski definition) is 4. The van der Waals surface area contributed by atoms with Crippen LogP contribution in [0.1, 0.15) is 16.8 Å². The summed E-state index contributed by atoms with van der Waals surface area (Å²) in [4.78, 5) is 16.0. The first-order chi connectivity index (χ1) is 13.2. The van der Waals surface area contributed by atoms with Crippen LogP contribution in [0.15, 0.2) is 30.3 Å². The molecule has 0 spiro atoms. The van der Waals surface area contributed by atoms with E-state index in [9.17, 15) is 18.0 Å². The average Bonchev–Trinajstić information content (AvgIpc) is 2.92. The highest BCUT2D eigenvalue weighted by atomic mass is 35.5. The summed E-state index contributed by atoms with van der Waals surface area (Å²) >= 11 is 6.01. The lowest BCUT2D eigenvalue weighted by atomic mass is 10.1. The van der Waals surface area contributed by atoms with Crippen LogP contribution in [-0.4, -0.2) is 27.3 Å². The Bertz CT molecular complexity index is 1030. The molecule has 1 N–H and O–H groups in total. The van der Waals surface area contributed by atoms with Gasteiger partial charge < -0.3 is 10.1 Å². The predicted octanol–water partition coefficient (Wildman–Crippen LogP) is 3.64. The highest BCUT2D eigenvalue weighted by Crippen LogP contribution is 2.37. The fourth-order valence-electron chi connectivity index (χ4n) is 2.75. The molecule has 6 nitrogen and oxygen atoms in total. The smallest absolute Gasteiger partial charge is 0.417 e. The molecule has 10 heteroatoms. The minimum atomic E-state index is -4.61. The maximum atomic E-state index is 13.4. The molecule has 1 amide bonds. The quantitative estimate of drug-likeness (QED) is 0.694. The first kappa shape index (κ1) is 19.9. The number of nitrogens with zero attached hydrogens (tertiary/aromatic N) is 3. The fraction of sp³-hybridized carbons (Fsp3) is 0.278. The highest BCUT2D eigenvalue weighted by Gasteiger charge is 2.35. The van der Waals surface area contributed by atoms with Crippen LogP contribution >= 0.6 is 11.6 Å². The molecule has 2 heterocycles. The largest absolute Gasteiger partial charge is 0.467 e. The maximum absolute atomic E-state index is 13.4. The van der Waals surface area contributed by atoms with Crippen LogP contribution in [0.2, 0.25) is 5.02 Å². The van der Waals surface area contributed by atoms with Crippen LogP contribution in [0.5, 0.6) is 5.88 Å². The maximum Gasteiger partial charge on any atom is 0.417 e. The number of carbonyl (C=O) groups excluding carboxylic acids is 1. The topological polar surface area (TPSA) is 69.0 Å². The minimum absolute atomic E-state index is 0.0267. The summed E-state index contributed by atoms with van der Waals surface area (Å²) in [5.74, 6) is -0.827. The van der Waals surface area contributed by atoms with Crippen LogP contribution in [0.25, 0.3) is 11.0 Å². The van der Waals surface area contributed by atoms with E-state index < -0.39 is 24.3 Å². The third-order valence-corrected chi connectivity index (χ3v) is 4.40. The van der Waals surface area contributed by atoms with Gasteiger partial charge in [-0.05, 0) is 18.6 Å². The Labute approximate surface area is 163 Å². The van der Waals surface area contributed by atoms with Crippen molar-refractivity contribution in [3.05, 3.63) is 52.2 Å². The van der Waals surface area contributed by atoms with E-state index in [0.29, 0.717) is 10.6 Å². The zero-order valence-electron chi connectivity index (χ0n) is 15.0. The first-order valence-corrected chi connectivity index (χ1v) is 8.59. The van der Waals surface area contributed by atoms with E-state index in [1.807, 2.05) is 0 Å². The number of alkyl halides is 3. The zero-order valence-corrected chi connectivity index (χ0v) is 15.7. The van der Waals surface area contributed by atoms with Gasteiger partial charge in [-0.1, -0.05) is 29.8 Å². The monoisotopic (exact) mass is 412 g/mol. The molecule has 0 fully saturated rings. The van der Waals surface area contributed by atoms with E-state index in [2.05, 4.69) is 15.4 Å². The number of amides is 1. The fourth-order valence-corrected chi connectivity index (χ4v) is 2.95. The average molecular weight is 413 g/mol. The number of aryl methyl sites for hydroxylation is 2. The number of fused-ring (bicyclic) bond motifs is 1. The van der Waals surface area contributed by atoms with E-state index in [-0.39, 0.29) is 29.2 Å². The molecule has 0 saturated heterocycles. The van der Waals surface area contributed by atoms with Crippen molar-refractivity contribution in [1.29, 1.82) is 0 Å². The van der Waals surface area contributed by atoms with Gasteiger partial charge in [-0.15, -0.1) is 0 Å². The van der Waals surface area contributed by atoms with E-state index in [1.165, 1.54) is 18.7 Å². The van der Waals surface area contributed by atoms with Crippen molar-refractivity contribution in [2.24, 2.45) is 7.05 Å². The molecule has 28 heavy (non-hydrogen) atoms. The Hall–Kier alpha value is -2.81. The van der Waals surface area contributed by atoms with Gasteiger partial charge in [0.1, 0.15) is 0 Å². The molecule has 0 aliphatic carbocycles. The summed E-state index contributed by atoms with van der Waals surface area (Å²) in [6, 6.07) is 7.75. The standard InChI is InChI=1S/C18H16ClF3N4O2/c1-10-16-12(18(20,21)22)7-15(24-17(16)26(2)25-10)28-9-14(27)23-8-11-5-3-4-6-13(11)19/h3-7H,8-9H2,1-2H3,(H,23,27). The van der Waals surface area contributed by atoms with Crippen molar-refractivity contribution < 1.29 is 22.7 Å². The van der Waals surface area contributed by atoms with Gasteiger partial charge in [-0.2, -0.15) is 23.3 Å². The first-order valence-electron chi connectivity index (χ1n) is 8.21. The lowest BCUT2D eigenvalue weighted by Gasteiger charge is -2.12. The SMILES string of the molecule is Cc1nn(C)c2nc(OCC(=O)NCc3ccccc3Cl)cc(C(F)(F)F)c12. The lowest BCUT2D eigenvalue weighted by molar-refractivity contribution is -0.136. The molecule has 0 atom stereocenters. The Morgan fingerprint density at radius 1 is 1.32 bits per heavy atom. The molecule has 148 valence electrons. The Balaban J connectivity index is 1.74. The lowest BCUT2D eigenvalue weighted by Crippen LogP contribution is -2.28. The summed E-state index contributed by atoms with van der Waals surface area (Å²) < 4.78 is 46.7. The normalized spacial score (nSPS) is 11.6. The van der Waals surface area contributed by atoms with Crippen molar-refractivity contribution in [3.63, 3.8) is 0 Å². The number of aromatic nitrogens is 3. The van der Waals surface area contributed by atoms with E-state index >= 15 is 0 Å². The molecule has 0 radical (unpaired) electrons. The van der Waals surface area contributed by atoms with E-state index in [0.717, 1.165) is 6.07 Å². The summed E-state index contributed by atoms with van der Waals surface area (Å²) in [5.41, 5.74) is 0.0384. The Morgan fingerprint density at radius 3 is 2.71 bits per heavy atom. The van der Waals surface area contributed by atoms with Crippen LogP contribution < -0.4 is 10.1 Å². The molecule has 1 aromatic carbocycles. The minimum Gasteiger partial charge on any atom is -0.467 e. The van der Waals surface area contributed by atoms with Gasteiger partial charge in [0.05, 0.1) is 16.6 Å². The molecule has 3 aromatic rings. The molecule has 0 aliphatic rings. The molecule has 0 aliphatic heterocycles. The van der Waals surface area contributed by atoms with Gasteiger partial charge in [0.15, 0.2) is 12.3 Å². The zero-order chi connectivity index (χ0) is 20.5. The number of hydrogen-bond donors (Lipinski definition) is 1.